The van der Waals surface area contributed by atoms with Gasteiger partial charge >= 0.3 is 0 Å². The Morgan fingerprint density at radius 1 is 1.35 bits per heavy atom. The molecule has 0 amide bonds. The summed E-state index contributed by atoms with van der Waals surface area (Å²) in [6.07, 6.45) is 8.24. The molecule has 5 heteroatoms. The zero-order valence-electron chi connectivity index (χ0n) is 12.1. The van der Waals surface area contributed by atoms with Gasteiger partial charge in [-0.2, -0.15) is 0 Å². The molecule has 1 fully saturated rings. The van der Waals surface area contributed by atoms with E-state index in [1.54, 1.807) is 6.20 Å². The van der Waals surface area contributed by atoms with Crippen LogP contribution in [0.5, 0.6) is 0 Å². The van der Waals surface area contributed by atoms with Crippen molar-refractivity contribution in [1.82, 2.24) is 4.98 Å². The van der Waals surface area contributed by atoms with Gasteiger partial charge in [-0.3, -0.25) is 0 Å². The van der Waals surface area contributed by atoms with Crippen molar-refractivity contribution in [3.05, 3.63) is 22.8 Å². The van der Waals surface area contributed by atoms with Crippen molar-refractivity contribution < 1.29 is 4.74 Å². The van der Waals surface area contributed by atoms with E-state index >= 15 is 0 Å². The van der Waals surface area contributed by atoms with Gasteiger partial charge in [0.25, 0.3) is 0 Å². The van der Waals surface area contributed by atoms with Gasteiger partial charge in [0, 0.05) is 18.4 Å². The Morgan fingerprint density at radius 3 is 2.60 bits per heavy atom. The Labute approximate surface area is 125 Å². The van der Waals surface area contributed by atoms with Crippen LogP contribution in [0, 0.1) is 0 Å². The van der Waals surface area contributed by atoms with Crippen LogP contribution in [-0.4, -0.2) is 17.2 Å². The predicted octanol–water partition coefficient (Wildman–Crippen LogP) is 3.45. The fourth-order valence-corrected chi connectivity index (χ4v) is 3.32. The summed E-state index contributed by atoms with van der Waals surface area (Å²) in [5.74, 6) is 0.449. The lowest BCUT2D eigenvalue weighted by Crippen LogP contribution is -2.44. The molecule has 0 aromatic carbocycles. The zero-order valence-corrected chi connectivity index (χ0v) is 12.8. The van der Waals surface area contributed by atoms with Crippen LogP contribution in [0.15, 0.2) is 12.3 Å². The van der Waals surface area contributed by atoms with Crippen LogP contribution in [0.1, 0.15) is 57.1 Å². The van der Waals surface area contributed by atoms with Gasteiger partial charge in [-0.05, 0) is 25.8 Å². The molecular weight excluding hydrogens is 274 g/mol. The molecule has 1 aliphatic rings. The first-order valence-corrected chi connectivity index (χ1v) is 7.77. The standard InChI is InChI=1S/C15H24ClN3O/c1-2-20-15(7-5-3-4-6-8-15)13(17)12-9-11(16)10-19-14(12)18/h9-10,13H,2-8,17H2,1H3,(H2,18,19). The Balaban J connectivity index is 2.34. The predicted molar refractivity (Wildman–Crippen MR) is 82.6 cm³/mol. The smallest absolute Gasteiger partial charge is 0.128 e. The summed E-state index contributed by atoms with van der Waals surface area (Å²) in [7, 11) is 0. The van der Waals surface area contributed by atoms with Gasteiger partial charge in [-0.1, -0.05) is 37.3 Å². The summed E-state index contributed by atoms with van der Waals surface area (Å²) in [4.78, 5) is 4.12. The Hall–Kier alpha value is -0.840. The molecule has 20 heavy (non-hydrogen) atoms. The second-order valence-corrected chi connectivity index (χ2v) is 5.95. The quantitative estimate of drug-likeness (QED) is 0.835. The highest BCUT2D eigenvalue weighted by Gasteiger charge is 2.39. The number of anilines is 1. The lowest BCUT2D eigenvalue weighted by atomic mass is 9.82. The summed E-state index contributed by atoms with van der Waals surface area (Å²) < 4.78 is 6.11. The molecule has 0 spiro atoms. The maximum Gasteiger partial charge on any atom is 0.128 e. The summed E-state index contributed by atoms with van der Waals surface area (Å²) in [5, 5.41) is 0.560. The number of nitrogens with two attached hydrogens (primary N) is 2. The van der Waals surface area contributed by atoms with Gasteiger partial charge in [0.1, 0.15) is 5.82 Å². The van der Waals surface area contributed by atoms with Crippen LogP contribution in [0.2, 0.25) is 5.02 Å². The molecule has 4 N–H and O–H groups in total. The fraction of sp³-hybridized carbons (Fsp3) is 0.667. The maximum atomic E-state index is 6.53. The molecular formula is C15H24ClN3O. The first kappa shape index (κ1) is 15.5. The van der Waals surface area contributed by atoms with Crippen molar-refractivity contribution in [3.63, 3.8) is 0 Å². The summed E-state index contributed by atoms with van der Waals surface area (Å²) in [6, 6.07) is 1.53. The molecule has 1 aromatic rings. The number of rotatable bonds is 4. The van der Waals surface area contributed by atoms with Crippen LogP contribution in [0.4, 0.5) is 5.82 Å². The van der Waals surface area contributed by atoms with E-state index in [-0.39, 0.29) is 11.6 Å². The molecule has 0 aliphatic heterocycles. The third-order valence-electron chi connectivity index (χ3n) is 4.20. The lowest BCUT2D eigenvalue weighted by molar-refractivity contribution is -0.0695. The second kappa shape index (κ2) is 6.74. The Kier molecular flexibility index (Phi) is 5.24. The van der Waals surface area contributed by atoms with Crippen molar-refractivity contribution in [2.45, 2.75) is 57.1 Å². The van der Waals surface area contributed by atoms with E-state index < -0.39 is 0 Å². The molecule has 0 saturated heterocycles. The Bertz CT molecular complexity index is 445. The van der Waals surface area contributed by atoms with E-state index in [4.69, 9.17) is 27.8 Å². The first-order valence-electron chi connectivity index (χ1n) is 7.39. The van der Waals surface area contributed by atoms with Gasteiger partial charge in [0.05, 0.1) is 16.7 Å². The average molecular weight is 298 g/mol. The van der Waals surface area contributed by atoms with Crippen molar-refractivity contribution in [2.24, 2.45) is 5.73 Å². The van der Waals surface area contributed by atoms with Gasteiger partial charge < -0.3 is 16.2 Å². The van der Waals surface area contributed by atoms with Gasteiger partial charge in [-0.25, -0.2) is 4.98 Å². The summed E-state index contributed by atoms with van der Waals surface area (Å²) in [5.41, 5.74) is 13.0. The maximum absolute atomic E-state index is 6.53. The number of hydrogen-bond donors (Lipinski definition) is 2. The number of ether oxygens (including phenoxy) is 1. The SMILES string of the molecule is CCOC1(C(N)c2cc(Cl)cnc2N)CCCCCC1. The lowest BCUT2D eigenvalue weighted by Gasteiger charge is -2.38. The molecule has 0 bridgehead atoms. The number of nitrogens with zero attached hydrogens (tertiary/aromatic N) is 1. The minimum atomic E-state index is -0.342. The molecule has 112 valence electrons. The van der Waals surface area contributed by atoms with E-state index in [1.807, 2.05) is 13.0 Å². The van der Waals surface area contributed by atoms with Crippen LogP contribution >= 0.6 is 11.6 Å². The van der Waals surface area contributed by atoms with Crippen molar-refractivity contribution in [2.75, 3.05) is 12.3 Å². The zero-order chi connectivity index (χ0) is 14.6. The van der Waals surface area contributed by atoms with E-state index in [0.717, 1.165) is 31.2 Å². The molecule has 1 heterocycles. The van der Waals surface area contributed by atoms with Crippen LogP contribution < -0.4 is 11.5 Å². The average Bonchev–Trinajstić information content (AvgIpc) is 2.68. The highest BCUT2D eigenvalue weighted by Crippen LogP contribution is 2.40. The van der Waals surface area contributed by atoms with E-state index in [9.17, 15) is 0 Å². The minimum absolute atomic E-state index is 0.285. The third kappa shape index (κ3) is 3.25. The monoisotopic (exact) mass is 297 g/mol. The molecule has 1 saturated carbocycles. The summed E-state index contributed by atoms with van der Waals surface area (Å²) >= 11 is 6.04. The van der Waals surface area contributed by atoms with Gasteiger partial charge in [0.15, 0.2) is 0 Å². The normalized spacial score (nSPS) is 20.4. The van der Waals surface area contributed by atoms with Crippen LogP contribution in [0.3, 0.4) is 0 Å². The fourth-order valence-electron chi connectivity index (χ4n) is 3.16. The van der Waals surface area contributed by atoms with E-state index in [0.29, 0.717) is 17.4 Å². The number of halogens is 1. The van der Waals surface area contributed by atoms with Gasteiger partial charge in [-0.15, -0.1) is 0 Å². The Morgan fingerprint density at radius 2 is 2.00 bits per heavy atom. The number of nitrogen functional groups attached to an aromatic ring is 1. The molecule has 1 aromatic heterocycles. The van der Waals surface area contributed by atoms with Crippen LogP contribution in [-0.2, 0) is 4.74 Å². The molecule has 1 atom stereocenters. The van der Waals surface area contributed by atoms with E-state index in [2.05, 4.69) is 4.98 Å². The first-order chi connectivity index (χ1) is 9.59. The largest absolute Gasteiger partial charge is 0.383 e. The van der Waals surface area contributed by atoms with Crippen molar-refractivity contribution in [1.29, 1.82) is 0 Å². The topological polar surface area (TPSA) is 74.2 Å². The summed E-state index contributed by atoms with van der Waals surface area (Å²) in [6.45, 7) is 2.67. The number of aromatic nitrogens is 1. The molecule has 0 radical (unpaired) electrons. The second-order valence-electron chi connectivity index (χ2n) is 5.52. The molecule has 2 rings (SSSR count). The highest BCUT2D eigenvalue weighted by atomic mass is 35.5. The third-order valence-corrected chi connectivity index (χ3v) is 4.41. The van der Waals surface area contributed by atoms with Crippen molar-refractivity contribution in [3.8, 4) is 0 Å². The highest BCUT2D eigenvalue weighted by molar-refractivity contribution is 6.30. The van der Waals surface area contributed by atoms with E-state index in [1.165, 1.54) is 12.8 Å². The molecule has 1 unspecified atom stereocenters. The van der Waals surface area contributed by atoms with Crippen molar-refractivity contribution >= 4 is 17.4 Å². The van der Waals surface area contributed by atoms with Gasteiger partial charge in [0.2, 0.25) is 0 Å². The molecule has 4 nitrogen and oxygen atoms in total. The van der Waals surface area contributed by atoms with Crippen LogP contribution in [0.25, 0.3) is 0 Å². The number of hydrogen-bond acceptors (Lipinski definition) is 4. The minimum Gasteiger partial charge on any atom is -0.383 e. The number of pyridine rings is 1. The molecule has 1 aliphatic carbocycles.